The van der Waals surface area contributed by atoms with E-state index in [-0.39, 0.29) is 18.4 Å². The van der Waals surface area contributed by atoms with Crippen LogP contribution in [0.1, 0.15) is 33.0 Å². The largest absolute Gasteiger partial charge is 0.336 e. The first-order valence-electron chi connectivity index (χ1n) is 14.7. The Morgan fingerprint density at radius 3 is 2.36 bits per heavy atom. The van der Waals surface area contributed by atoms with Gasteiger partial charge in [-0.3, -0.25) is 9.59 Å². The number of benzene rings is 3. The van der Waals surface area contributed by atoms with Gasteiger partial charge in [0.25, 0.3) is 0 Å². The SMILES string of the molecule is Cc1nc(C=CC(=O)N(Cc2ccc(-c3cncnc3)cc2)C(Cc2ccccc2)C(=O)N2CCc3ccccc3C2)cs1. The number of nitrogens with zero attached hydrogens (tertiary/aromatic N) is 5. The van der Waals surface area contributed by atoms with Gasteiger partial charge in [-0.25, -0.2) is 15.0 Å². The molecule has 44 heavy (non-hydrogen) atoms. The number of amides is 2. The predicted molar refractivity (Wildman–Crippen MR) is 173 cm³/mol. The molecule has 5 aromatic rings. The standard InChI is InChI=1S/C36H33N5O2S/c1-26-39-33(24-44-26)15-16-35(42)41(22-28-11-13-30(14-12-28)32-20-37-25-38-21-32)34(19-27-7-3-2-4-8-27)36(43)40-18-17-29-9-5-6-10-31(29)23-40/h2-16,20-21,24-25,34H,17-19,22-23H2,1H3. The zero-order valence-electron chi connectivity index (χ0n) is 24.5. The van der Waals surface area contributed by atoms with Crippen molar-refractivity contribution in [2.75, 3.05) is 6.54 Å². The van der Waals surface area contributed by atoms with Crippen LogP contribution in [0.3, 0.4) is 0 Å². The topological polar surface area (TPSA) is 79.3 Å². The third-order valence-electron chi connectivity index (χ3n) is 7.89. The maximum atomic E-state index is 14.4. The Morgan fingerprint density at radius 1 is 0.909 bits per heavy atom. The number of aromatic nitrogens is 3. The van der Waals surface area contributed by atoms with Crippen LogP contribution in [0.5, 0.6) is 0 Å². The number of hydrogen-bond donors (Lipinski definition) is 0. The summed E-state index contributed by atoms with van der Waals surface area (Å²) in [6, 6.07) is 25.5. The molecule has 7 nitrogen and oxygen atoms in total. The van der Waals surface area contributed by atoms with Crippen LogP contribution in [-0.2, 0) is 35.5 Å². The third-order valence-corrected chi connectivity index (χ3v) is 8.68. The normalized spacial score (nSPS) is 13.4. The molecule has 1 aliphatic heterocycles. The molecule has 8 heteroatoms. The molecule has 220 valence electrons. The number of carbonyl (C=O) groups excluding carboxylic acids is 2. The van der Waals surface area contributed by atoms with Crippen molar-refractivity contribution in [3.63, 3.8) is 0 Å². The van der Waals surface area contributed by atoms with Crippen LogP contribution in [0.15, 0.2) is 109 Å². The Hall–Kier alpha value is -4.95. The van der Waals surface area contributed by atoms with Crippen molar-refractivity contribution >= 4 is 29.2 Å². The first kappa shape index (κ1) is 29.1. The van der Waals surface area contributed by atoms with E-state index in [1.807, 2.05) is 83.9 Å². The molecule has 3 aromatic carbocycles. The maximum absolute atomic E-state index is 14.4. The highest BCUT2D eigenvalue weighted by Gasteiger charge is 2.34. The predicted octanol–water partition coefficient (Wildman–Crippen LogP) is 6.15. The van der Waals surface area contributed by atoms with Crippen molar-refractivity contribution in [3.05, 3.63) is 142 Å². The summed E-state index contributed by atoms with van der Waals surface area (Å²) in [6.07, 6.45) is 9.53. The summed E-state index contributed by atoms with van der Waals surface area (Å²) in [7, 11) is 0. The molecule has 0 N–H and O–H groups in total. The van der Waals surface area contributed by atoms with Gasteiger partial charge in [0.05, 0.1) is 10.7 Å². The van der Waals surface area contributed by atoms with E-state index in [4.69, 9.17) is 0 Å². The van der Waals surface area contributed by atoms with E-state index in [0.717, 1.165) is 44.9 Å². The van der Waals surface area contributed by atoms with E-state index in [1.165, 1.54) is 23.2 Å². The molecule has 1 unspecified atom stereocenters. The zero-order chi connectivity index (χ0) is 30.3. The van der Waals surface area contributed by atoms with Crippen LogP contribution in [-0.4, -0.2) is 49.2 Å². The van der Waals surface area contributed by atoms with Gasteiger partial charge in [-0.05, 0) is 47.2 Å². The quantitative estimate of drug-likeness (QED) is 0.190. The van der Waals surface area contributed by atoms with Crippen LogP contribution >= 0.6 is 11.3 Å². The molecule has 1 atom stereocenters. The Balaban J connectivity index is 1.34. The summed E-state index contributed by atoms with van der Waals surface area (Å²) in [6.45, 7) is 3.36. The van der Waals surface area contributed by atoms with E-state index >= 15 is 0 Å². The molecule has 6 rings (SSSR count). The Bertz CT molecular complexity index is 1750. The second kappa shape index (κ2) is 13.6. The minimum atomic E-state index is -0.695. The van der Waals surface area contributed by atoms with Gasteiger partial charge in [-0.1, -0.05) is 78.9 Å². The number of aryl methyl sites for hydroxylation is 1. The Labute approximate surface area is 261 Å². The molecule has 2 aromatic heterocycles. The first-order chi connectivity index (χ1) is 21.5. The van der Waals surface area contributed by atoms with Crippen LogP contribution in [0, 0.1) is 6.92 Å². The van der Waals surface area contributed by atoms with Crippen molar-refractivity contribution in [1.82, 2.24) is 24.8 Å². The highest BCUT2D eigenvalue weighted by atomic mass is 32.1. The zero-order valence-corrected chi connectivity index (χ0v) is 25.4. The molecule has 2 amide bonds. The first-order valence-corrected chi connectivity index (χ1v) is 15.6. The summed E-state index contributed by atoms with van der Waals surface area (Å²) >= 11 is 1.54. The van der Waals surface area contributed by atoms with Gasteiger partial charge in [0.15, 0.2) is 0 Å². The Kier molecular flexibility index (Phi) is 8.98. The second-order valence-electron chi connectivity index (χ2n) is 10.9. The highest BCUT2D eigenvalue weighted by molar-refractivity contribution is 7.09. The number of fused-ring (bicyclic) bond motifs is 1. The smallest absolute Gasteiger partial charge is 0.247 e. The molecule has 0 saturated carbocycles. The van der Waals surface area contributed by atoms with Crippen molar-refractivity contribution in [2.24, 2.45) is 0 Å². The minimum absolute atomic E-state index is 0.0485. The number of carbonyl (C=O) groups is 2. The van der Waals surface area contributed by atoms with E-state index in [0.29, 0.717) is 19.5 Å². The summed E-state index contributed by atoms with van der Waals surface area (Å²) in [5.41, 5.74) is 6.98. The van der Waals surface area contributed by atoms with E-state index in [9.17, 15) is 9.59 Å². The summed E-state index contributed by atoms with van der Waals surface area (Å²) in [5, 5.41) is 2.85. The molecular formula is C36H33N5O2S. The fourth-order valence-corrected chi connectivity index (χ4v) is 6.14. The van der Waals surface area contributed by atoms with Crippen molar-refractivity contribution in [1.29, 1.82) is 0 Å². The second-order valence-corrected chi connectivity index (χ2v) is 12.0. The molecule has 3 heterocycles. The maximum Gasteiger partial charge on any atom is 0.247 e. The van der Waals surface area contributed by atoms with Crippen molar-refractivity contribution in [3.8, 4) is 11.1 Å². The highest BCUT2D eigenvalue weighted by Crippen LogP contribution is 2.24. The van der Waals surface area contributed by atoms with Gasteiger partial charge >= 0.3 is 0 Å². The third kappa shape index (κ3) is 6.98. The number of rotatable bonds is 9. The van der Waals surface area contributed by atoms with Crippen LogP contribution in [0.2, 0.25) is 0 Å². The summed E-state index contributed by atoms with van der Waals surface area (Å²) in [4.78, 5) is 44.9. The van der Waals surface area contributed by atoms with Gasteiger partial charge in [0.1, 0.15) is 12.4 Å². The lowest BCUT2D eigenvalue weighted by molar-refractivity contribution is -0.144. The van der Waals surface area contributed by atoms with Crippen LogP contribution in [0.25, 0.3) is 17.2 Å². The molecule has 0 bridgehead atoms. The van der Waals surface area contributed by atoms with Gasteiger partial charge < -0.3 is 9.80 Å². The summed E-state index contributed by atoms with van der Waals surface area (Å²) in [5.74, 6) is -0.282. The fourth-order valence-electron chi connectivity index (χ4n) is 5.56. The number of hydrogen-bond acceptors (Lipinski definition) is 6. The van der Waals surface area contributed by atoms with Crippen LogP contribution in [0.4, 0.5) is 0 Å². The van der Waals surface area contributed by atoms with E-state index in [2.05, 4.69) is 27.1 Å². The molecule has 0 aliphatic carbocycles. The van der Waals surface area contributed by atoms with E-state index < -0.39 is 6.04 Å². The lowest BCUT2D eigenvalue weighted by Gasteiger charge is -2.37. The lowest BCUT2D eigenvalue weighted by Crippen LogP contribution is -2.52. The van der Waals surface area contributed by atoms with Gasteiger partial charge in [0.2, 0.25) is 11.8 Å². The fraction of sp³-hybridized carbons (Fsp3) is 0.194. The van der Waals surface area contributed by atoms with Gasteiger partial charge in [-0.2, -0.15) is 0 Å². The Morgan fingerprint density at radius 2 is 1.64 bits per heavy atom. The van der Waals surface area contributed by atoms with E-state index in [1.54, 1.807) is 29.4 Å². The average Bonchev–Trinajstić information content (AvgIpc) is 3.50. The minimum Gasteiger partial charge on any atom is -0.336 e. The summed E-state index contributed by atoms with van der Waals surface area (Å²) < 4.78 is 0. The number of thiazole rings is 1. The molecule has 0 spiro atoms. The van der Waals surface area contributed by atoms with Crippen molar-refractivity contribution < 1.29 is 9.59 Å². The molecular weight excluding hydrogens is 566 g/mol. The molecule has 0 saturated heterocycles. The molecule has 1 aliphatic rings. The average molecular weight is 600 g/mol. The monoisotopic (exact) mass is 599 g/mol. The molecule has 0 radical (unpaired) electrons. The van der Waals surface area contributed by atoms with Gasteiger partial charge in [-0.15, -0.1) is 11.3 Å². The lowest BCUT2D eigenvalue weighted by atomic mass is 9.97. The van der Waals surface area contributed by atoms with Crippen LogP contribution < -0.4 is 0 Å². The molecule has 0 fully saturated rings. The van der Waals surface area contributed by atoms with Gasteiger partial charge in [0, 0.05) is 55.5 Å². The van der Waals surface area contributed by atoms with Crippen molar-refractivity contribution in [2.45, 2.75) is 38.9 Å².